The van der Waals surface area contributed by atoms with E-state index in [2.05, 4.69) is 32.3 Å². The summed E-state index contributed by atoms with van der Waals surface area (Å²) in [6.45, 7) is 4.67. The fourth-order valence-electron chi connectivity index (χ4n) is 3.26. The molecular formula is C15H22N4O2S2. The van der Waals surface area contributed by atoms with Gasteiger partial charge in [-0.15, -0.1) is 11.3 Å². The van der Waals surface area contributed by atoms with Crippen molar-refractivity contribution in [1.82, 2.24) is 14.7 Å². The molecule has 0 amide bonds. The molecule has 0 aliphatic heterocycles. The van der Waals surface area contributed by atoms with Gasteiger partial charge in [-0.1, -0.05) is 6.42 Å². The average molecular weight is 355 g/mol. The first kappa shape index (κ1) is 16.6. The zero-order chi connectivity index (χ0) is 16.6. The molecule has 2 aromatic rings. The second-order valence-corrected chi connectivity index (χ2v) is 8.92. The Labute approximate surface area is 140 Å². The molecule has 2 heterocycles. The van der Waals surface area contributed by atoms with Crippen LogP contribution >= 0.6 is 11.3 Å². The summed E-state index contributed by atoms with van der Waals surface area (Å²) in [4.78, 5) is 10.0. The highest BCUT2D eigenvalue weighted by Crippen LogP contribution is 2.31. The largest absolute Gasteiger partial charge is 0.369 e. The van der Waals surface area contributed by atoms with Crippen LogP contribution in [-0.4, -0.2) is 37.2 Å². The minimum Gasteiger partial charge on any atom is -0.369 e. The molecule has 1 aliphatic carbocycles. The van der Waals surface area contributed by atoms with Crippen LogP contribution in [-0.2, 0) is 10.0 Å². The second-order valence-electron chi connectivity index (χ2n) is 6.29. The molecule has 0 aromatic carbocycles. The summed E-state index contributed by atoms with van der Waals surface area (Å²) in [6.07, 6.45) is 4.20. The highest BCUT2D eigenvalue weighted by atomic mass is 32.2. The number of hydrogen-bond donors (Lipinski definition) is 2. The minimum absolute atomic E-state index is 0.0134. The summed E-state index contributed by atoms with van der Waals surface area (Å²) in [7, 11) is -3.16. The quantitative estimate of drug-likeness (QED) is 0.861. The maximum atomic E-state index is 11.5. The zero-order valence-electron chi connectivity index (χ0n) is 13.6. The predicted octanol–water partition coefficient (Wildman–Crippen LogP) is 2.44. The van der Waals surface area contributed by atoms with Crippen LogP contribution in [0.3, 0.4) is 0 Å². The summed E-state index contributed by atoms with van der Waals surface area (Å²) in [5.41, 5.74) is 1.17. The Bertz CT molecular complexity index is 816. The highest BCUT2D eigenvalue weighted by molar-refractivity contribution is 7.88. The number of nitrogens with one attached hydrogen (secondary N) is 2. The van der Waals surface area contributed by atoms with Crippen LogP contribution in [0, 0.1) is 19.8 Å². The molecule has 126 valence electrons. The number of thiophene rings is 1. The molecule has 0 saturated heterocycles. The Hall–Kier alpha value is -1.25. The molecule has 3 rings (SSSR count). The predicted molar refractivity (Wildman–Crippen MR) is 94.5 cm³/mol. The van der Waals surface area contributed by atoms with Crippen LogP contribution < -0.4 is 10.0 Å². The maximum Gasteiger partial charge on any atom is 0.208 e. The zero-order valence-corrected chi connectivity index (χ0v) is 15.2. The van der Waals surface area contributed by atoms with Crippen molar-refractivity contribution in [3.05, 3.63) is 16.8 Å². The standard InChI is InChI=1S/C15H22N4O2S2/c1-9-8-22-15-13(9)14(17-10(2)18-15)16-7-11-5-4-6-12(11)19-23(3,20)21/h8,11-12,19H,4-7H2,1-3H3,(H,16,17,18). The van der Waals surface area contributed by atoms with Gasteiger partial charge in [0, 0.05) is 12.6 Å². The van der Waals surface area contributed by atoms with Crippen molar-refractivity contribution in [3.63, 3.8) is 0 Å². The number of rotatable bonds is 5. The molecule has 6 nitrogen and oxygen atoms in total. The molecule has 1 fully saturated rings. The van der Waals surface area contributed by atoms with E-state index in [1.165, 1.54) is 11.8 Å². The Balaban J connectivity index is 1.77. The van der Waals surface area contributed by atoms with Crippen LogP contribution in [0.1, 0.15) is 30.7 Å². The smallest absolute Gasteiger partial charge is 0.208 e. The lowest BCUT2D eigenvalue weighted by atomic mass is 10.0. The van der Waals surface area contributed by atoms with E-state index in [9.17, 15) is 8.42 Å². The number of hydrogen-bond acceptors (Lipinski definition) is 6. The van der Waals surface area contributed by atoms with Gasteiger partial charge in [-0.3, -0.25) is 0 Å². The fourth-order valence-corrected chi connectivity index (χ4v) is 5.08. The van der Waals surface area contributed by atoms with Gasteiger partial charge in [0.1, 0.15) is 16.5 Å². The Morgan fingerprint density at radius 1 is 1.30 bits per heavy atom. The van der Waals surface area contributed by atoms with Gasteiger partial charge < -0.3 is 5.32 Å². The number of aromatic nitrogens is 2. The lowest BCUT2D eigenvalue weighted by molar-refractivity contribution is 0.463. The van der Waals surface area contributed by atoms with E-state index in [1.54, 1.807) is 11.3 Å². The van der Waals surface area contributed by atoms with Gasteiger partial charge in [0.25, 0.3) is 0 Å². The van der Waals surface area contributed by atoms with Crippen molar-refractivity contribution < 1.29 is 8.42 Å². The Morgan fingerprint density at radius 3 is 2.83 bits per heavy atom. The number of fused-ring (bicyclic) bond motifs is 1. The first-order valence-corrected chi connectivity index (χ1v) is 10.5. The molecular weight excluding hydrogens is 332 g/mol. The molecule has 0 radical (unpaired) electrons. The number of nitrogens with zero attached hydrogens (tertiary/aromatic N) is 2. The van der Waals surface area contributed by atoms with Gasteiger partial charge in [0.2, 0.25) is 10.0 Å². The van der Waals surface area contributed by atoms with Gasteiger partial charge in [-0.2, -0.15) is 0 Å². The van der Waals surface area contributed by atoms with Gasteiger partial charge in [0.05, 0.1) is 11.6 Å². The summed E-state index contributed by atoms with van der Waals surface area (Å²) in [5, 5.41) is 6.60. The van der Waals surface area contributed by atoms with Gasteiger partial charge >= 0.3 is 0 Å². The van der Waals surface area contributed by atoms with E-state index >= 15 is 0 Å². The summed E-state index contributed by atoms with van der Waals surface area (Å²) in [6, 6.07) is 0.0134. The fraction of sp³-hybridized carbons (Fsp3) is 0.600. The lowest BCUT2D eigenvalue weighted by Gasteiger charge is -2.21. The van der Waals surface area contributed by atoms with Crippen molar-refractivity contribution in [2.45, 2.75) is 39.2 Å². The van der Waals surface area contributed by atoms with Crippen LogP contribution in [0.2, 0.25) is 0 Å². The van der Waals surface area contributed by atoms with Crippen LogP contribution in [0.15, 0.2) is 5.38 Å². The average Bonchev–Trinajstić information content (AvgIpc) is 3.01. The molecule has 1 saturated carbocycles. The third-order valence-corrected chi connectivity index (χ3v) is 6.01. The number of aryl methyl sites for hydroxylation is 2. The van der Waals surface area contributed by atoms with Crippen LogP contribution in [0.4, 0.5) is 5.82 Å². The van der Waals surface area contributed by atoms with Crippen LogP contribution in [0.25, 0.3) is 10.2 Å². The van der Waals surface area contributed by atoms with E-state index in [0.717, 1.165) is 41.1 Å². The third kappa shape index (κ3) is 3.81. The molecule has 2 N–H and O–H groups in total. The van der Waals surface area contributed by atoms with Crippen molar-refractivity contribution in [2.75, 3.05) is 18.1 Å². The molecule has 2 unspecified atom stereocenters. The second kappa shape index (κ2) is 6.33. The van der Waals surface area contributed by atoms with E-state index in [4.69, 9.17) is 0 Å². The van der Waals surface area contributed by atoms with Crippen molar-refractivity contribution >= 4 is 37.4 Å². The Kier molecular flexibility index (Phi) is 4.57. The molecule has 2 aromatic heterocycles. The molecule has 0 spiro atoms. The minimum atomic E-state index is -3.16. The highest BCUT2D eigenvalue weighted by Gasteiger charge is 2.29. The SMILES string of the molecule is Cc1nc(NCC2CCCC2NS(C)(=O)=O)c2c(C)csc2n1. The summed E-state index contributed by atoms with van der Waals surface area (Å²) in [5.74, 6) is 1.89. The monoisotopic (exact) mass is 354 g/mol. The molecule has 0 bridgehead atoms. The van der Waals surface area contributed by atoms with Gasteiger partial charge in [0.15, 0.2) is 0 Å². The van der Waals surface area contributed by atoms with E-state index in [-0.39, 0.29) is 12.0 Å². The summed E-state index contributed by atoms with van der Waals surface area (Å²) < 4.78 is 25.7. The lowest BCUT2D eigenvalue weighted by Crippen LogP contribution is -2.39. The first-order chi connectivity index (χ1) is 10.8. The third-order valence-electron chi connectivity index (χ3n) is 4.29. The maximum absolute atomic E-state index is 11.5. The van der Waals surface area contributed by atoms with Crippen molar-refractivity contribution in [2.24, 2.45) is 5.92 Å². The number of anilines is 1. The molecule has 8 heteroatoms. The Morgan fingerprint density at radius 2 is 2.09 bits per heavy atom. The van der Waals surface area contributed by atoms with E-state index in [1.807, 2.05) is 6.92 Å². The first-order valence-electron chi connectivity index (χ1n) is 7.77. The van der Waals surface area contributed by atoms with Gasteiger partial charge in [-0.25, -0.2) is 23.1 Å². The summed E-state index contributed by atoms with van der Waals surface area (Å²) >= 11 is 1.63. The van der Waals surface area contributed by atoms with Crippen LogP contribution in [0.5, 0.6) is 0 Å². The topological polar surface area (TPSA) is 84.0 Å². The molecule has 23 heavy (non-hydrogen) atoms. The normalized spacial score (nSPS) is 21.9. The molecule has 2 atom stereocenters. The van der Waals surface area contributed by atoms with E-state index in [0.29, 0.717) is 6.54 Å². The number of sulfonamides is 1. The van der Waals surface area contributed by atoms with Crippen molar-refractivity contribution in [3.8, 4) is 0 Å². The van der Waals surface area contributed by atoms with Gasteiger partial charge in [-0.05, 0) is 43.6 Å². The van der Waals surface area contributed by atoms with E-state index < -0.39 is 10.0 Å². The van der Waals surface area contributed by atoms with Crippen molar-refractivity contribution in [1.29, 1.82) is 0 Å². The molecule has 1 aliphatic rings.